The molecule has 42 heavy (non-hydrogen) atoms. The molecule has 4 heterocycles. The van der Waals surface area contributed by atoms with E-state index < -0.39 is 29.6 Å². The van der Waals surface area contributed by atoms with Gasteiger partial charge in [-0.05, 0) is 55.8 Å². The van der Waals surface area contributed by atoms with Crippen LogP contribution < -0.4 is 4.74 Å². The van der Waals surface area contributed by atoms with Crippen LogP contribution in [0.4, 0.5) is 17.6 Å². The van der Waals surface area contributed by atoms with E-state index in [1.54, 1.807) is 48.6 Å². The highest BCUT2D eigenvalue weighted by atomic mass is 19.3. The van der Waals surface area contributed by atoms with Gasteiger partial charge in [-0.1, -0.05) is 0 Å². The molecule has 6 rings (SSSR count). The summed E-state index contributed by atoms with van der Waals surface area (Å²) in [7, 11) is 3.54. The summed E-state index contributed by atoms with van der Waals surface area (Å²) >= 11 is 0. The molecule has 3 aromatic heterocycles. The van der Waals surface area contributed by atoms with Gasteiger partial charge in [0.2, 0.25) is 0 Å². The number of hydrogen-bond acceptors (Lipinski definition) is 7. The maximum Gasteiger partial charge on any atom is 0.387 e. The number of alkyl halides is 2. The predicted molar refractivity (Wildman–Crippen MR) is 145 cm³/mol. The summed E-state index contributed by atoms with van der Waals surface area (Å²) < 4.78 is 66.1. The average Bonchev–Trinajstić information content (AvgIpc) is 3.49. The number of fused-ring (bicyclic) bond motifs is 4. The van der Waals surface area contributed by atoms with Gasteiger partial charge in [0.15, 0.2) is 23.2 Å². The Hall–Kier alpha value is -4.36. The molecule has 1 aliphatic heterocycles. The number of halogens is 4. The summed E-state index contributed by atoms with van der Waals surface area (Å²) in [5, 5.41) is 14.4. The summed E-state index contributed by atoms with van der Waals surface area (Å²) in [6.07, 6.45) is 6.26. The summed E-state index contributed by atoms with van der Waals surface area (Å²) in [5.41, 5.74) is 2.04. The van der Waals surface area contributed by atoms with Gasteiger partial charge in [0.1, 0.15) is 16.9 Å². The van der Waals surface area contributed by atoms with Gasteiger partial charge in [0.25, 0.3) is 0 Å². The Bertz CT molecular complexity index is 1810. The zero-order valence-electron chi connectivity index (χ0n) is 23.2. The van der Waals surface area contributed by atoms with Crippen LogP contribution in [0.1, 0.15) is 36.6 Å². The van der Waals surface area contributed by atoms with Crippen molar-refractivity contribution >= 4 is 11.0 Å². The van der Waals surface area contributed by atoms with Crippen LogP contribution >= 0.6 is 0 Å². The first kappa shape index (κ1) is 27.8. The summed E-state index contributed by atoms with van der Waals surface area (Å²) in [6, 6.07) is 4.20. The summed E-state index contributed by atoms with van der Waals surface area (Å²) in [5.74, 6) is -1.44. The smallest absolute Gasteiger partial charge is 0.387 e. The lowest BCUT2D eigenvalue weighted by atomic mass is 9.94. The molecular formula is C29H27F4N7O2. The minimum Gasteiger partial charge on any atom is -0.431 e. The number of aliphatic hydroxyl groups is 1. The van der Waals surface area contributed by atoms with Gasteiger partial charge in [-0.15, -0.1) is 0 Å². The van der Waals surface area contributed by atoms with E-state index in [9.17, 15) is 13.9 Å². The van der Waals surface area contributed by atoms with Crippen LogP contribution in [0.3, 0.4) is 0 Å². The van der Waals surface area contributed by atoms with E-state index in [1.807, 2.05) is 11.9 Å². The van der Waals surface area contributed by atoms with Crippen molar-refractivity contribution in [2.75, 3.05) is 7.05 Å². The topological polar surface area (TPSA) is 94.1 Å². The molecule has 0 unspecified atom stereocenters. The standard InChI is InChI=1S/C29H27F4N7O2/c1-29(2,41)27-34-8-16(9-35-27)15-5-21(30)25-23(6-15)40-13-20-19(12-38(3)14-24(40)37-25)18(17-10-36-39(4)11-17)7-22(31)26(20)42-28(32)33/h5-11,28,41H,12-14H2,1-4H3. The van der Waals surface area contributed by atoms with Crippen molar-refractivity contribution in [1.82, 2.24) is 34.2 Å². The molecule has 0 bridgehead atoms. The Balaban J connectivity index is 1.55. The van der Waals surface area contributed by atoms with E-state index in [-0.39, 0.29) is 30.0 Å². The molecule has 13 heteroatoms. The van der Waals surface area contributed by atoms with Gasteiger partial charge < -0.3 is 14.4 Å². The molecule has 1 aliphatic rings. The van der Waals surface area contributed by atoms with Crippen molar-refractivity contribution < 1.29 is 27.4 Å². The zero-order valence-corrected chi connectivity index (χ0v) is 23.2. The Labute approximate surface area is 238 Å². The number of aromatic nitrogens is 6. The second kappa shape index (κ2) is 10.2. The van der Waals surface area contributed by atoms with E-state index >= 15 is 8.78 Å². The van der Waals surface area contributed by atoms with Crippen molar-refractivity contribution in [3.8, 4) is 28.0 Å². The Kier molecular flexibility index (Phi) is 6.73. The van der Waals surface area contributed by atoms with E-state index in [0.29, 0.717) is 45.7 Å². The third-order valence-corrected chi connectivity index (χ3v) is 7.25. The molecule has 0 radical (unpaired) electrons. The third-order valence-electron chi connectivity index (χ3n) is 7.25. The fourth-order valence-corrected chi connectivity index (χ4v) is 5.32. The van der Waals surface area contributed by atoms with Crippen LogP contribution in [0.2, 0.25) is 0 Å². The fourth-order valence-electron chi connectivity index (χ4n) is 5.32. The maximum absolute atomic E-state index is 15.5. The van der Waals surface area contributed by atoms with Crippen molar-refractivity contribution in [1.29, 1.82) is 0 Å². The first-order valence-corrected chi connectivity index (χ1v) is 13.1. The number of aryl methyl sites for hydroxylation is 1. The summed E-state index contributed by atoms with van der Waals surface area (Å²) in [6.45, 7) is 0.329. The molecule has 9 nitrogen and oxygen atoms in total. The van der Waals surface area contributed by atoms with E-state index in [1.165, 1.54) is 24.5 Å². The zero-order chi connectivity index (χ0) is 29.9. The Morgan fingerprint density at radius 3 is 2.29 bits per heavy atom. The van der Waals surface area contributed by atoms with Crippen molar-refractivity contribution in [3.63, 3.8) is 0 Å². The van der Waals surface area contributed by atoms with Gasteiger partial charge in [-0.25, -0.2) is 23.7 Å². The highest BCUT2D eigenvalue weighted by Gasteiger charge is 2.29. The van der Waals surface area contributed by atoms with E-state index in [0.717, 1.165) is 0 Å². The molecule has 0 amide bonds. The normalized spacial score (nSPS) is 14.1. The average molecular weight is 582 g/mol. The quantitative estimate of drug-likeness (QED) is 0.292. The number of rotatable bonds is 5. The molecule has 5 aromatic rings. The molecule has 0 atom stereocenters. The Morgan fingerprint density at radius 1 is 0.905 bits per heavy atom. The van der Waals surface area contributed by atoms with E-state index in [4.69, 9.17) is 4.74 Å². The Morgan fingerprint density at radius 2 is 1.64 bits per heavy atom. The fraction of sp³-hybridized carbons (Fsp3) is 0.310. The second-order valence-corrected chi connectivity index (χ2v) is 10.9. The van der Waals surface area contributed by atoms with E-state index in [2.05, 4.69) is 20.1 Å². The molecule has 0 spiro atoms. The monoisotopic (exact) mass is 581 g/mol. The van der Waals surface area contributed by atoms with Crippen LogP contribution in [-0.4, -0.2) is 53.0 Å². The van der Waals surface area contributed by atoms with Crippen molar-refractivity contribution in [3.05, 3.63) is 77.4 Å². The lowest BCUT2D eigenvalue weighted by Crippen LogP contribution is -2.25. The van der Waals surface area contributed by atoms with Gasteiger partial charge in [-0.3, -0.25) is 9.58 Å². The lowest BCUT2D eigenvalue weighted by Gasteiger charge is -2.27. The van der Waals surface area contributed by atoms with Crippen LogP contribution in [0.5, 0.6) is 5.75 Å². The highest BCUT2D eigenvalue weighted by Crippen LogP contribution is 2.39. The molecular weight excluding hydrogens is 554 g/mol. The van der Waals surface area contributed by atoms with Crippen LogP contribution in [-0.2, 0) is 32.3 Å². The third kappa shape index (κ3) is 4.98. The van der Waals surface area contributed by atoms with Crippen LogP contribution in [0.15, 0.2) is 43.0 Å². The van der Waals surface area contributed by atoms with Crippen LogP contribution in [0, 0.1) is 11.6 Å². The minimum absolute atomic E-state index is 0.0832. The molecule has 0 saturated heterocycles. The van der Waals surface area contributed by atoms with Crippen molar-refractivity contribution in [2.24, 2.45) is 7.05 Å². The van der Waals surface area contributed by atoms with Gasteiger partial charge in [0.05, 0.1) is 24.8 Å². The predicted octanol–water partition coefficient (Wildman–Crippen LogP) is 4.99. The molecule has 0 fully saturated rings. The molecule has 0 aliphatic carbocycles. The first-order chi connectivity index (χ1) is 19.9. The number of hydrogen-bond donors (Lipinski definition) is 1. The number of benzene rings is 2. The number of nitrogens with zero attached hydrogens (tertiary/aromatic N) is 7. The highest BCUT2D eigenvalue weighted by molar-refractivity contribution is 5.83. The number of ether oxygens (including phenoxy) is 1. The van der Waals surface area contributed by atoms with Crippen LogP contribution in [0.25, 0.3) is 33.3 Å². The van der Waals surface area contributed by atoms with Gasteiger partial charge in [0, 0.05) is 48.9 Å². The SMILES string of the molecule is CN1Cc2c(-c3cnn(C)c3)cc(F)c(OC(F)F)c2Cn2c(nc3c(F)cc(-c4cnc(C(C)(C)O)nc4)cc32)C1. The lowest BCUT2D eigenvalue weighted by molar-refractivity contribution is -0.0529. The first-order valence-electron chi connectivity index (χ1n) is 13.1. The number of imidazole rings is 1. The molecule has 1 N–H and O–H groups in total. The van der Waals surface area contributed by atoms with Gasteiger partial charge in [-0.2, -0.15) is 13.9 Å². The molecule has 0 saturated carbocycles. The second-order valence-electron chi connectivity index (χ2n) is 10.9. The molecule has 218 valence electrons. The minimum atomic E-state index is -3.26. The maximum atomic E-state index is 15.5. The van der Waals surface area contributed by atoms with Crippen molar-refractivity contribution in [2.45, 2.75) is 45.7 Å². The summed E-state index contributed by atoms with van der Waals surface area (Å²) in [4.78, 5) is 14.9. The molecule has 2 aromatic carbocycles. The van der Waals surface area contributed by atoms with Gasteiger partial charge >= 0.3 is 6.61 Å². The largest absolute Gasteiger partial charge is 0.431 e.